The molecule has 0 atom stereocenters. The number of aliphatic carboxylic acids is 1. The van der Waals surface area contributed by atoms with Gasteiger partial charge in [-0.15, -0.1) is 11.3 Å². The molecule has 0 aliphatic heterocycles. The second-order valence-electron chi connectivity index (χ2n) is 3.55. The second-order valence-corrected chi connectivity index (χ2v) is 4.63. The molecule has 0 aromatic carbocycles. The van der Waals surface area contributed by atoms with Gasteiger partial charge in [0.2, 0.25) is 0 Å². The Labute approximate surface area is 102 Å². The van der Waals surface area contributed by atoms with Crippen LogP contribution in [0.5, 0.6) is 0 Å². The molecule has 5 heteroatoms. The summed E-state index contributed by atoms with van der Waals surface area (Å²) in [5.41, 5.74) is 1.00. The Morgan fingerprint density at radius 2 is 2.12 bits per heavy atom. The minimum Gasteiger partial charge on any atom is -0.480 e. The fourth-order valence-electron chi connectivity index (χ4n) is 1.48. The fraction of sp³-hybridized carbons (Fsp3) is 0.167. The van der Waals surface area contributed by atoms with Crippen molar-refractivity contribution in [1.29, 1.82) is 0 Å². The number of hydrogen-bond donors (Lipinski definition) is 2. The molecule has 2 N–H and O–H groups in total. The molecule has 1 aromatic rings. The summed E-state index contributed by atoms with van der Waals surface area (Å²) in [6.45, 7) is -0.354. The van der Waals surface area contributed by atoms with Gasteiger partial charge in [-0.1, -0.05) is 18.2 Å². The molecule has 0 unspecified atom stereocenters. The van der Waals surface area contributed by atoms with Crippen molar-refractivity contribution in [3.05, 3.63) is 33.5 Å². The summed E-state index contributed by atoms with van der Waals surface area (Å²) in [7, 11) is 0. The van der Waals surface area contributed by atoms with Crippen molar-refractivity contribution in [1.82, 2.24) is 5.32 Å². The van der Waals surface area contributed by atoms with Crippen LogP contribution in [0.1, 0.15) is 26.5 Å². The van der Waals surface area contributed by atoms with Gasteiger partial charge in [0.15, 0.2) is 0 Å². The average molecular weight is 249 g/mol. The molecule has 0 spiro atoms. The number of allylic oxidation sites excluding steroid dienone is 2. The first-order valence-electron chi connectivity index (χ1n) is 5.14. The van der Waals surface area contributed by atoms with Gasteiger partial charge in [0, 0.05) is 4.88 Å². The molecule has 0 bridgehead atoms. The highest BCUT2D eigenvalue weighted by Gasteiger charge is 2.13. The first kappa shape index (κ1) is 11.6. The van der Waals surface area contributed by atoms with Crippen LogP contribution in [-0.4, -0.2) is 23.5 Å². The van der Waals surface area contributed by atoms with Gasteiger partial charge < -0.3 is 10.4 Å². The van der Waals surface area contributed by atoms with Gasteiger partial charge in [0.05, 0.1) is 4.88 Å². The predicted molar refractivity (Wildman–Crippen MR) is 67.0 cm³/mol. The van der Waals surface area contributed by atoms with E-state index >= 15 is 0 Å². The van der Waals surface area contributed by atoms with Crippen molar-refractivity contribution in [3.8, 4) is 0 Å². The third-order valence-electron chi connectivity index (χ3n) is 2.25. The van der Waals surface area contributed by atoms with Gasteiger partial charge in [0.1, 0.15) is 6.54 Å². The molecular formula is C12H11NO3S. The van der Waals surface area contributed by atoms with Crippen molar-refractivity contribution in [2.75, 3.05) is 6.54 Å². The van der Waals surface area contributed by atoms with Crippen LogP contribution in [0.25, 0.3) is 12.2 Å². The van der Waals surface area contributed by atoms with E-state index in [0.717, 1.165) is 16.9 Å². The number of thiophene rings is 1. The van der Waals surface area contributed by atoms with E-state index in [-0.39, 0.29) is 12.5 Å². The predicted octanol–water partition coefficient (Wildman–Crippen LogP) is 1.99. The summed E-state index contributed by atoms with van der Waals surface area (Å²) >= 11 is 1.37. The standard InChI is InChI=1S/C12H11NO3S/c14-11(15)7-13-12(16)10-6-8-4-2-1-3-5-9(8)17-10/h2-6H,1,7H2,(H,13,16)(H,14,15). The zero-order valence-electron chi connectivity index (χ0n) is 8.97. The van der Waals surface area contributed by atoms with Gasteiger partial charge >= 0.3 is 5.97 Å². The van der Waals surface area contributed by atoms with E-state index in [2.05, 4.69) is 5.32 Å². The molecule has 1 aliphatic rings. The topological polar surface area (TPSA) is 66.4 Å². The number of nitrogens with one attached hydrogen (secondary N) is 1. The molecule has 1 aromatic heterocycles. The minimum absolute atomic E-state index is 0.340. The Hall–Kier alpha value is -1.88. The van der Waals surface area contributed by atoms with Crippen LogP contribution in [0, 0.1) is 0 Å². The first-order chi connectivity index (χ1) is 8.16. The lowest BCUT2D eigenvalue weighted by Crippen LogP contribution is -2.28. The van der Waals surface area contributed by atoms with Gasteiger partial charge in [-0.05, 0) is 24.1 Å². The largest absolute Gasteiger partial charge is 0.480 e. The maximum Gasteiger partial charge on any atom is 0.322 e. The number of rotatable bonds is 3. The molecule has 17 heavy (non-hydrogen) atoms. The average Bonchev–Trinajstić information content (AvgIpc) is 2.58. The lowest BCUT2D eigenvalue weighted by Gasteiger charge is -1.97. The van der Waals surface area contributed by atoms with Crippen molar-refractivity contribution >= 4 is 35.4 Å². The van der Waals surface area contributed by atoms with Gasteiger partial charge in [-0.2, -0.15) is 0 Å². The third-order valence-corrected chi connectivity index (χ3v) is 3.37. The quantitative estimate of drug-likeness (QED) is 0.861. The Balaban J connectivity index is 2.15. The number of carboxylic acids is 1. The van der Waals surface area contributed by atoms with Gasteiger partial charge in [0.25, 0.3) is 5.91 Å². The Morgan fingerprint density at radius 1 is 1.35 bits per heavy atom. The summed E-state index contributed by atoms with van der Waals surface area (Å²) in [4.78, 5) is 23.5. The van der Waals surface area contributed by atoms with E-state index in [4.69, 9.17) is 5.11 Å². The molecule has 0 fully saturated rings. The van der Waals surface area contributed by atoms with E-state index in [1.54, 1.807) is 6.07 Å². The Bertz CT molecular complexity index is 484. The number of carboxylic acid groups (broad SMARTS) is 1. The molecular weight excluding hydrogens is 238 g/mol. The normalized spacial score (nSPS) is 12.9. The fourth-order valence-corrected chi connectivity index (χ4v) is 2.48. The smallest absolute Gasteiger partial charge is 0.322 e. The molecule has 4 nitrogen and oxygen atoms in total. The highest BCUT2D eigenvalue weighted by atomic mass is 32.1. The molecule has 1 heterocycles. The van der Waals surface area contributed by atoms with E-state index in [1.807, 2.05) is 24.3 Å². The van der Waals surface area contributed by atoms with Crippen LogP contribution in [-0.2, 0) is 4.79 Å². The number of hydrogen-bond acceptors (Lipinski definition) is 3. The zero-order chi connectivity index (χ0) is 12.3. The molecule has 1 aliphatic carbocycles. The molecule has 88 valence electrons. The lowest BCUT2D eigenvalue weighted by molar-refractivity contribution is -0.135. The van der Waals surface area contributed by atoms with Gasteiger partial charge in [-0.25, -0.2) is 0 Å². The zero-order valence-corrected chi connectivity index (χ0v) is 9.79. The monoisotopic (exact) mass is 249 g/mol. The Morgan fingerprint density at radius 3 is 2.88 bits per heavy atom. The van der Waals surface area contributed by atoms with Crippen LogP contribution in [0.15, 0.2) is 18.2 Å². The van der Waals surface area contributed by atoms with E-state index in [1.165, 1.54) is 11.3 Å². The van der Waals surface area contributed by atoms with E-state index in [0.29, 0.717) is 4.88 Å². The van der Waals surface area contributed by atoms with E-state index < -0.39 is 5.97 Å². The number of carbonyl (C=O) groups is 2. The second kappa shape index (κ2) is 4.97. The van der Waals surface area contributed by atoms with Crippen molar-refractivity contribution in [2.24, 2.45) is 0 Å². The number of fused-ring (bicyclic) bond motifs is 1. The van der Waals surface area contributed by atoms with Crippen LogP contribution >= 0.6 is 11.3 Å². The number of carbonyl (C=O) groups excluding carboxylic acids is 1. The lowest BCUT2D eigenvalue weighted by atomic mass is 10.2. The minimum atomic E-state index is -1.05. The third kappa shape index (κ3) is 2.82. The number of amides is 1. The van der Waals surface area contributed by atoms with Crippen LogP contribution < -0.4 is 5.32 Å². The van der Waals surface area contributed by atoms with E-state index in [9.17, 15) is 9.59 Å². The first-order valence-corrected chi connectivity index (χ1v) is 5.95. The van der Waals surface area contributed by atoms with Crippen LogP contribution in [0.2, 0.25) is 0 Å². The maximum absolute atomic E-state index is 11.6. The maximum atomic E-state index is 11.6. The van der Waals surface area contributed by atoms with Gasteiger partial charge in [-0.3, -0.25) is 9.59 Å². The van der Waals surface area contributed by atoms with Crippen LogP contribution in [0.4, 0.5) is 0 Å². The molecule has 2 rings (SSSR count). The Kier molecular flexibility index (Phi) is 3.39. The van der Waals surface area contributed by atoms with Crippen molar-refractivity contribution in [2.45, 2.75) is 6.42 Å². The summed E-state index contributed by atoms with van der Waals surface area (Å²) in [6.07, 6.45) is 8.89. The summed E-state index contributed by atoms with van der Waals surface area (Å²) in [6, 6.07) is 1.78. The molecule has 0 radical (unpaired) electrons. The summed E-state index contributed by atoms with van der Waals surface area (Å²) in [5, 5.41) is 10.8. The summed E-state index contributed by atoms with van der Waals surface area (Å²) < 4.78 is 0. The highest BCUT2D eigenvalue weighted by molar-refractivity contribution is 7.15. The van der Waals surface area contributed by atoms with Crippen molar-refractivity contribution in [3.63, 3.8) is 0 Å². The van der Waals surface area contributed by atoms with Crippen molar-refractivity contribution < 1.29 is 14.7 Å². The highest BCUT2D eigenvalue weighted by Crippen LogP contribution is 2.27. The van der Waals surface area contributed by atoms with Crippen LogP contribution in [0.3, 0.4) is 0 Å². The summed E-state index contributed by atoms with van der Waals surface area (Å²) in [5.74, 6) is -1.39. The molecule has 0 saturated carbocycles. The molecule has 1 amide bonds. The molecule has 0 saturated heterocycles. The SMILES string of the molecule is O=C(O)CNC(=O)c1cc2c(s1)C=CCC=C2.